The lowest BCUT2D eigenvalue weighted by Crippen LogP contribution is -2.38. The second-order valence-electron chi connectivity index (χ2n) is 2.59. The minimum absolute atomic E-state index is 0.140. The van der Waals surface area contributed by atoms with Gasteiger partial charge in [0.15, 0.2) is 0 Å². The highest BCUT2D eigenvalue weighted by Gasteiger charge is 2.26. The zero-order valence-corrected chi connectivity index (χ0v) is 8.19. The standard InChI is InChI=1S/C7H13F3N2O3/c1-14-2-3-15-12-6(13)4-11-5-7(8,9)10/h11H,2-5H2,1H3,(H,12,13). The van der Waals surface area contributed by atoms with Crippen molar-refractivity contribution in [3.8, 4) is 0 Å². The Morgan fingerprint density at radius 3 is 2.53 bits per heavy atom. The van der Waals surface area contributed by atoms with Crippen molar-refractivity contribution in [2.75, 3.05) is 33.4 Å². The van der Waals surface area contributed by atoms with Gasteiger partial charge < -0.3 is 10.1 Å². The highest BCUT2D eigenvalue weighted by molar-refractivity contribution is 5.76. The van der Waals surface area contributed by atoms with Crippen molar-refractivity contribution in [1.82, 2.24) is 10.8 Å². The van der Waals surface area contributed by atoms with Crippen molar-refractivity contribution < 1.29 is 27.5 Å². The van der Waals surface area contributed by atoms with Gasteiger partial charge in [-0.25, -0.2) is 5.48 Å². The van der Waals surface area contributed by atoms with Crippen LogP contribution >= 0.6 is 0 Å². The van der Waals surface area contributed by atoms with Crippen molar-refractivity contribution in [2.45, 2.75) is 6.18 Å². The van der Waals surface area contributed by atoms with E-state index < -0.39 is 25.2 Å². The van der Waals surface area contributed by atoms with E-state index in [2.05, 4.69) is 9.57 Å². The lowest BCUT2D eigenvalue weighted by atomic mass is 10.5. The lowest BCUT2D eigenvalue weighted by Gasteiger charge is -2.08. The molecular weight excluding hydrogens is 217 g/mol. The molecular formula is C7H13F3N2O3. The van der Waals surface area contributed by atoms with Crippen LogP contribution in [0.5, 0.6) is 0 Å². The number of methoxy groups -OCH3 is 1. The van der Waals surface area contributed by atoms with Crippen LogP contribution in [0.2, 0.25) is 0 Å². The van der Waals surface area contributed by atoms with E-state index >= 15 is 0 Å². The van der Waals surface area contributed by atoms with Crippen molar-refractivity contribution >= 4 is 5.91 Å². The number of carbonyl (C=O) groups excluding carboxylic acids is 1. The Bertz CT molecular complexity index is 187. The first-order valence-corrected chi connectivity index (χ1v) is 4.13. The van der Waals surface area contributed by atoms with E-state index in [0.717, 1.165) is 0 Å². The van der Waals surface area contributed by atoms with Crippen LogP contribution in [0.25, 0.3) is 0 Å². The molecule has 8 heteroatoms. The maximum absolute atomic E-state index is 11.6. The minimum Gasteiger partial charge on any atom is -0.382 e. The predicted molar refractivity (Wildman–Crippen MR) is 44.9 cm³/mol. The quantitative estimate of drug-likeness (QED) is 0.471. The Kier molecular flexibility index (Phi) is 7.01. The number of halogens is 3. The molecule has 1 amide bonds. The number of hydroxylamine groups is 1. The molecule has 0 aromatic heterocycles. The van der Waals surface area contributed by atoms with Gasteiger partial charge in [-0.1, -0.05) is 0 Å². The topological polar surface area (TPSA) is 59.6 Å². The number of nitrogens with one attached hydrogen (secondary N) is 2. The fourth-order valence-electron chi connectivity index (χ4n) is 0.610. The molecule has 15 heavy (non-hydrogen) atoms. The Morgan fingerprint density at radius 2 is 2.00 bits per heavy atom. The van der Waals surface area contributed by atoms with E-state index in [4.69, 9.17) is 0 Å². The van der Waals surface area contributed by atoms with Gasteiger partial charge in [0.25, 0.3) is 5.91 Å². The van der Waals surface area contributed by atoms with Gasteiger partial charge in [-0.15, -0.1) is 0 Å². The molecule has 2 N–H and O–H groups in total. The minimum atomic E-state index is -4.32. The molecule has 90 valence electrons. The number of hydrogen-bond donors (Lipinski definition) is 2. The molecule has 0 aliphatic heterocycles. The number of ether oxygens (including phenoxy) is 1. The Labute approximate surface area is 84.9 Å². The first-order chi connectivity index (χ1) is 6.95. The normalized spacial score (nSPS) is 11.5. The summed E-state index contributed by atoms with van der Waals surface area (Å²) in [5.41, 5.74) is 1.95. The van der Waals surface area contributed by atoms with E-state index in [9.17, 15) is 18.0 Å². The monoisotopic (exact) mass is 230 g/mol. The van der Waals surface area contributed by atoms with Gasteiger partial charge in [0.2, 0.25) is 0 Å². The van der Waals surface area contributed by atoms with Gasteiger partial charge in [0.1, 0.15) is 0 Å². The molecule has 0 aromatic rings. The summed E-state index contributed by atoms with van der Waals surface area (Å²) in [6.45, 7) is -1.23. The first-order valence-electron chi connectivity index (χ1n) is 4.13. The molecule has 0 radical (unpaired) electrons. The lowest BCUT2D eigenvalue weighted by molar-refractivity contribution is -0.136. The van der Waals surface area contributed by atoms with Gasteiger partial charge in [-0.2, -0.15) is 13.2 Å². The molecule has 0 aliphatic carbocycles. The summed E-state index contributed by atoms with van der Waals surface area (Å²) in [5.74, 6) is -0.671. The molecule has 0 atom stereocenters. The number of alkyl halides is 3. The van der Waals surface area contributed by atoms with Crippen LogP contribution in [0, 0.1) is 0 Å². The highest BCUT2D eigenvalue weighted by atomic mass is 19.4. The van der Waals surface area contributed by atoms with Gasteiger partial charge >= 0.3 is 6.18 Å². The van der Waals surface area contributed by atoms with E-state index in [1.165, 1.54) is 7.11 Å². The maximum atomic E-state index is 11.6. The number of hydrogen-bond acceptors (Lipinski definition) is 4. The zero-order chi connectivity index (χ0) is 11.7. The summed E-state index contributed by atoms with van der Waals surface area (Å²) in [5, 5.41) is 1.92. The summed E-state index contributed by atoms with van der Waals surface area (Å²) in [6.07, 6.45) is -4.32. The third kappa shape index (κ3) is 11.1. The van der Waals surface area contributed by atoms with E-state index in [1.807, 2.05) is 10.8 Å². The average molecular weight is 230 g/mol. The van der Waals surface area contributed by atoms with E-state index in [1.54, 1.807) is 0 Å². The van der Waals surface area contributed by atoms with Crippen LogP contribution in [-0.4, -0.2) is 45.5 Å². The first kappa shape index (κ1) is 14.1. The summed E-state index contributed by atoms with van der Waals surface area (Å²) >= 11 is 0. The molecule has 0 rings (SSSR count). The Hall–Kier alpha value is -0.860. The van der Waals surface area contributed by atoms with E-state index in [0.29, 0.717) is 0 Å². The zero-order valence-electron chi connectivity index (χ0n) is 8.19. The Balaban J connectivity index is 3.34. The maximum Gasteiger partial charge on any atom is 0.401 e. The van der Waals surface area contributed by atoms with Gasteiger partial charge in [-0.3, -0.25) is 9.63 Å². The third-order valence-corrected chi connectivity index (χ3v) is 1.19. The highest BCUT2D eigenvalue weighted by Crippen LogP contribution is 2.11. The van der Waals surface area contributed by atoms with Gasteiger partial charge in [-0.05, 0) is 0 Å². The van der Waals surface area contributed by atoms with Crippen LogP contribution in [0.15, 0.2) is 0 Å². The summed E-state index contributed by atoms with van der Waals surface area (Å²) in [4.78, 5) is 15.4. The fourth-order valence-corrected chi connectivity index (χ4v) is 0.610. The molecule has 0 bridgehead atoms. The fraction of sp³-hybridized carbons (Fsp3) is 0.857. The molecule has 0 saturated heterocycles. The average Bonchev–Trinajstić information content (AvgIpc) is 2.10. The molecule has 0 spiro atoms. The molecule has 0 aromatic carbocycles. The summed E-state index contributed by atoms with van der Waals surface area (Å²) in [6, 6.07) is 0. The van der Waals surface area contributed by atoms with Crippen LogP contribution in [0.4, 0.5) is 13.2 Å². The predicted octanol–water partition coefficient (Wildman–Crippen LogP) is -0.168. The van der Waals surface area contributed by atoms with E-state index in [-0.39, 0.29) is 13.2 Å². The summed E-state index contributed by atoms with van der Waals surface area (Å²) < 4.78 is 39.5. The second kappa shape index (κ2) is 7.43. The number of carbonyl (C=O) groups is 1. The van der Waals surface area contributed by atoms with Crippen LogP contribution in [0.3, 0.4) is 0 Å². The smallest absolute Gasteiger partial charge is 0.382 e. The van der Waals surface area contributed by atoms with Gasteiger partial charge in [0.05, 0.1) is 26.3 Å². The van der Waals surface area contributed by atoms with Crippen molar-refractivity contribution in [3.63, 3.8) is 0 Å². The third-order valence-electron chi connectivity index (χ3n) is 1.19. The SMILES string of the molecule is COCCONC(=O)CNCC(F)(F)F. The van der Waals surface area contributed by atoms with Gasteiger partial charge in [0, 0.05) is 7.11 Å². The molecule has 0 heterocycles. The molecule has 5 nitrogen and oxygen atoms in total. The number of amides is 1. The van der Waals surface area contributed by atoms with Crippen LogP contribution in [0.1, 0.15) is 0 Å². The van der Waals surface area contributed by atoms with Crippen LogP contribution in [-0.2, 0) is 14.4 Å². The largest absolute Gasteiger partial charge is 0.401 e. The van der Waals surface area contributed by atoms with Crippen molar-refractivity contribution in [1.29, 1.82) is 0 Å². The molecule has 0 aliphatic rings. The molecule has 0 saturated carbocycles. The Morgan fingerprint density at radius 1 is 1.33 bits per heavy atom. The second-order valence-corrected chi connectivity index (χ2v) is 2.59. The van der Waals surface area contributed by atoms with Crippen LogP contribution < -0.4 is 10.8 Å². The summed E-state index contributed by atoms with van der Waals surface area (Å²) in [7, 11) is 1.45. The molecule has 0 fully saturated rings. The molecule has 0 unspecified atom stereocenters. The van der Waals surface area contributed by atoms with Crippen molar-refractivity contribution in [3.05, 3.63) is 0 Å². The van der Waals surface area contributed by atoms with Crippen molar-refractivity contribution in [2.24, 2.45) is 0 Å². The number of rotatable bonds is 7.